The van der Waals surface area contributed by atoms with E-state index in [0.717, 1.165) is 24.1 Å². The van der Waals surface area contributed by atoms with Crippen LogP contribution >= 0.6 is 0 Å². The lowest BCUT2D eigenvalue weighted by Gasteiger charge is -2.28. The van der Waals surface area contributed by atoms with Gasteiger partial charge in [-0.05, 0) is 12.0 Å². The number of nitrogens with one attached hydrogen (secondary N) is 1. The van der Waals surface area contributed by atoms with Gasteiger partial charge in [0.1, 0.15) is 5.82 Å². The molecule has 1 aliphatic rings. The Labute approximate surface area is 141 Å². The van der Waals surface area contributed by atoms with Crippen molar-refractivity contribution < 1.29 is 4.79 Å². The third-order valence-corrected chi connectivity index (χ3v) is 4.43. The Bertz CT molecular complexity index is 768. The number of rotatable bonds is 5. The Morgan fingerprint density at radius 3 is 2.83 bits per heavy atom. The molecule has 2 aromatic rings. The maximum atomic E-state index is 12.4. The largest absolute Gasteiger partial charge is 0.338 e. The molecule has 0 unspecified atom stereocenters. The van der Waals surface area contributed by atoms with E-state index in [9.17, 15) is 9.59 Å². The standard InChI is InChI=1S/C19H23N3O2/c1-2-3-9-18(23)22-11-10-16-15(13-22)19(24)21-17(20-16)12-14-7-5-4-6-8-14/h4-8H,2-3,9-13H2,1H3,(H,20,21,24). The second-order valence-corrected chi connectivity index (χ2v) is 6.27. The van der Waals surface area contributed by atoms with Crippen molar-refractivity contribution in [3.63, 3.8) is 0 Å². The average Bonchev–Trinajstić information content (AvgIpc) is 2.60. The van der Waals surface area contributed by atoms with Crippen LogP contribution in [-0.4, -0.2) is 27.3 Å². The van der Waals surface area contributed by atoms with E-state index >= 15 is 0 Å². The molecule has 1 aromatic heterocycles. The predicted molar refractivity (Wildman–Crippen MR) is 92.8 cm³/mol. The molecule has 24 heavy (non-hydrogen) atoms. The predicted octanol–water partition coefficient (Wildman–Crippen LogP) is 2.44. The van der Waals surface area contributed by atoms with Gasteiger partial charge in [-0.3, -0.25) is 9.59 Å². The van der Waals surface area contributed by atoms with Gasteiger partial charge in [-0.2, -0.15) is 0 Å². The zero-order chi connectivity index (χ0) is 16.9. The summed E-state index contributed by atoms with van der Waals surface area (Å²) in [6.07, 6.45) is 3.72. The number of hydrogen-bond donors (Lipinski definition) is 1. The highest BCUT2D eigenvalue weighted by molar-refractivity contribution is 5.76. The van der Waals surface area contributed by atoms with Crippen molar-refractivity contribution in [2.75, 3.05) is 6.54 Å². The fraction of sp³-hybridized carbons (Fsp3) is 0.421. The minimum Gasteiger partial charge on any atom is -0.338 e. The molecule has 5 nitrogen and oxygen atoms in total. The highest BCUT2D eigenvalue weighted by Gasteiger charge is 2.24. The molecule has 126 valence electrons. The number of amides is 1. The number of hydrogen-bond acceptors (Lipinski definition) is 3. The number of unbranched alkanes of at least 4 members (excludes halogenated alkanes) is 1. The Morgan fingerprint density at radius 1 is 1.29 bits per heavy atom. The van der Waals surface area contributed by atoms with Crippen molar-refractivity contribution in [3.8, 4) is 0 Å². The van der Waals surface area contributed by atoms with Crippen LogP contribution in [0.1, 0.15) is 48.8 Å². The zero-order valence-electron chi connectivity index (χ0n) is 14.0. The lowest BCUT2D eigenvalue weighted by atomic mass is 10.1. The Hall–Kier alpha value is -2.43. The molecule has 0 saturated heterocycles. The van der Waals surface area contributed by atoms with Crippen molar-refractivity contribution in [2.24, 2.45) is 0 Å². The minimum absolute atomic E-state index is 0.112. The first-order valence-corrected chi connectivity index (χ1v) is 8.60. The van der Waals surface area contributed by atoms with E-state index in [1.54, 1.807) is 4.90 Å². The summed E-state index contributed by atoms with van der Waals surface area (Å²) in [4.78, 5) is 33.9. The average molecular weight is 325 g/mol. The zero-order valence-corrected chi connectivity index (χ0v) is 14.0. The van der Waals surface area contributed by atoms with Crippen LogP contribution in [0.15, 0.2) is 35.1 Å². The molecule has 1 aliphatic heterocycles. The molecule has 0 spiro atoms. The maximum absolute atomic E-state index is 12.4. The third kappa shape index (κ3) is 3.72. The molecule has 0 aliphatic carbocycles. The van der Waals surface area contributed by atoms with Crippen LogP contribution in [0.3, 0.4) is 0 Å². The fourth-order valence-electron chi connectivity index (χ4n) is 3.05. The van der Waals surface area contributed by atoms with Crippen LogP contribution in [-0.2, 0) is 24.2 Å². The van der Waals surface area contributed by atoms with Gasteiger partial charge in [0.05, 0.1) is 17.8 Å². The number of H-pyrrole nitrogens is 1. The molecule has 2 heterocycles. The van der Waals surface area contributed by atoms with Gasteiger partial charge >= 0.3 is 0 Å². The molecule has 5 heteroatoms. The first-order chi connectivity index (χ1) is 11.7. The number of nitrogens with zero attached hydrogens (tertiary/aromatic N) is 2. The summed E-state index contributed by atoms with van der Waals surface area (Å²) in [5.41, 5.74) is 2.49. The van der Waals surface area contributed by atoms with Gasteiger partial charge in [-0.25, -0.2) is 4.98 Å². The molecule has 1 amide bonds. The molecule has 0 saturated carbocycles. The SMILES string of the molecule is CCCCC(=O)N1CCc2nc(Cc3ccccc3)[nH]c(=O)c2C1. The summed E-state index contributed by atoms with van der Waals surface area (Å²) >= 11 is 0. The molecule has 0 atom stereocenters. The molecule has 0 radical (unpaired) electrons. The van der Waals surface area contributed by atoms with Gasteiger partial charge in [-0.1, -0.05) is 43.7 Å². The Morgan fingerprint density at radius 2 is 2.08 bits per heavy atom. The number of carbonyl (C=O) groups is 1. The van der Waals surface area contributed by atoms with Gasteiger partial charge in [0.2, 0.25) is 5.91 Å². The number of benzene rings is 1. The van der Waals surface area contributed by atoms with Crippen molar-refractivity contribution in [1.29, 1.82) is 0 Å². The fourth-order valence-corrected chi connectivity index (χ4v) is 3.05. The van der Waals surface area contributed by atoms with Gasteiger partial charge in [0, 0.05) is 25.8 Å². The normalized spacial score (nSPS) is 13.6. The summed E-state index contributed by atoms with van der Waals surface area (Å²) in [7, 11) is 0. The van der Waals surface area contributed by atoms with E-state index in [-0.39, 0.29) is 11.5 Å². The molecule has 1 aromatic carbocycles. The summed E-state index contributed by atoms with van der Waals surface area (Å²) in [6.45, 7) is 3.10. The van der Waals surface area contributed by atoms with E-state index < -0.39 is 0 Å². The Balaban J connectivity index is 1.76. The molecule has 3 rings (SSSR count). The minimum atomic E-state index is -0.112. The molecule has 1 N–H and O–H groups in total. The van der Waals surface area contributed by atoms with Crippen LogP contribution < -0.4 is 5.56 Å². The smallest absolute Gasteiger partial charge is 0.256 e. The van der Waals surface area contributed by atoms with Gasteiger partial charge in [0.25, 0.3) is 5.56 Å². The van der Waals surface area contributed by atoms with Crippen molar-refractivity contribution in [1.82, 2.24) is 14.9 Å². The van der Waals surface area contributed by atoms with Gasteiger partial charge in [0.15, 0.2) is 0 Å². The molecular formula is C19H23N3O2. The van der Waals surface area contributed by atoms with Crippen molar-refractivity contribution in [3.05, 3.63) is 63.3 Å². The summed E-state index contributed by atoms with van der Waals surface area (Å²) in [5, 5.41) is 0. The lowest BCUT2D eigenvalue weighted by Crippen LogP contribution is -2.39. The van der Waals surface area contributed by atoms with E-state index in [0.29, 0.717) is 43.7 Å². The van der Waals surface area contributed by atoms with E-state index in [1.165, 1.54) is 0 Å². The first-order valence-electron chi connectivity index (χ1n) is 8.60. The maximum Gasteiger partial charge on any atom is 0.256 e. The summed E-state index contributed by atoms with van der Waals surface area (Å²) in [5.74, 6) is 0.825. The van der Waals surface area contributed by atoms with E-state index in [4.69, 9.17) is 0 Å². The van der Waals surface area contributed by atoms with E-state index in [2.05, 4.69) is 16.9 Å². The quantitative estimate of drug-likeness (QED) is 0.918. The monoisotopic (exact) mass is 325 g/mol. The van der Waals surface area contributed by atoms with Crippen LogP contribution in [0.2, 0.25) is 0 Å². The number of carbonyl (C=O) groups excluding carboxylic acids is 1. The summed E-state index contributed by atoms with van der Waals surface area (Å²) in [6, 6.07) is 9.97. The van der Waals surface area contributed by atoms with Gasteiger partial charge in [-0.15, -0.1) is 0 Å². The first kappa shape index (κ1) is 16.4. The second-order valence-electron chi connectivity index (χ2n) is 6.27. The van der Waals surface area contributed by atoms with Crippen LogP contribution in [0.25, 0.3) is 0 Å². The second kappa shape index (κ2) is 7.43. The molecular weight excluding hydrogens is 302 g/mol. The van der Waals surface area contributed by atoms with Crippen LogP contribution in [0.5, 0.6) is 0 Å². The lowest BCUT2D eigenvalue weighted by molar-refractivity contribution is -0.132. The van der Waals surface area contributed by atoms with Gasteiger partial charge < -0.3 is 9.88 Å². The van der Waals surface area contributed by atoms with Crippen molar-refractivity contribution in [2.45, 2.75) is 45.6 Å². The topological polar surface area (TPSA) is 66.1 Å². The number of aromatic nitrogens is 2. The van der Waals surface area contributed by atoms with E-state index in [1.807, 2.05) is 30.3 Å². The van der Waals surface area contributed by atoms with Crippen molar-refractivity contribution >= 4 is 5.91 Å². The molecule has 0 bridgehead atoms. The molecule has 0 fully saturated rings. The number of aromatic amines is 1. The summed E-state index contributed by atoms with van der Waals surface area (Å²) < 4.78 is 0. The Kier molecular flexibility index (Phi) is 5.08. The van der Waals surface area contributed by atoms with Crippen LogP contribution in [0.4, 0.5) is 0 Å². The van der Waals surface area contributed by atoms with Crippen LogP contribution in [0, 0.1) is 0 Å². The third-order valence-electron chi connectivity index (χ3n) is 4.43. The highest BCUT2D eigenvalue weighted by Crippen LogP contribution is 2.16. The highest BCUT2D eigenvalue weighted by atomic mass is 16.2. The number of fused-ring (bicyclic) bond motifs is 1.